The highest BCUT2D eigenvalue weighted by Crippen LogP contribution is 2.13. The molecule has 0 aromatic carbocycles. The van der Waals surface area contributed by atoms with Crippen LogP contribution in [0.5, 0.6) is 0 Å². The molecular weight excluding hydrogens is 338 g/mol. The van der Waals surface area contributed by atoms with Crippen LogP contribution in [0.3, 0.4) is 0 Å². The van der Waals surface area contributed by atoms with E-state index in [9.17, 15) is 9.59 Å². The fourth-order valence-corrected chi connectivity index (χ4v) is 3.84. The highest BCUT2D eigenvalue weighted by atomic mass is 32.1. The van der Waals surface area contributed by atoms with Crippen molar-refractivity contribution in [1.29, 1.82) is 0 Å². The van der Waals surface area contributed by atoms with Crippen molar-refractivity contribution in [3.8, 4) is 0 Å². The van der Waals surface area contributed by atoms with Crippen molar-refractivity contribution in [1.82, 2.24) is 24.6 Å². The van der Waals surface area contributed by atoms with Crippen molar-refractivity contribution in [3.05, 3.63) is 32.4 Å². The molecule has 0 saturated carbocycles. The first-order chi connectivity index (χ1) is 12.1. The molecule has 1 amide bonds. The Balaban J connectivity index is 1.52. The zero-order valence-electron chi connectivity index (χ0n) is 14.8. The molecule has 0 aliphatic carbocycles. The molecule has 1 aliphatic rings. The Morgan fingerprint density at radius 2 is 2.28 bits per heavy atom. The molecule has 0 bridgehead atoms. The number of carbonyl (C=O) groups excluding carboxylic acids is 1. The van der Waals surface area contributed by atoms with Gasteiger partial charge in [0.1, 0.15) is 5.82 Å². The summed E-state index contributed by atoms with van der Waals surface area (Å²) in [5, 5.41) is 10.6. The van der Waals surface area contributed by atoms with E-state index in [2.05, 4.69) is 15.4 Å². The molecule has 0 radical (unpaired) electrons. The van der Waals surface area contributed by atoms with Crippen LogP contribution in [0.25, 0.3) is 0 Å². The fraction of sp³-hybridized carbons (Fsp3) is 0.647. The molecule has 2 aromatic heterocycles. The van der Waals surface area contributed by atoms with Crippen molar-refractivity contribution in [2.75, 3.05) is 0 Å². The third kappa shape index (κ3) is 4.36. The number of hydrogen-bond donors (Lipinski definition) is 1. The second-order valence-corrected chi connectivity index (χ2v) is 7.59. The van der Waals surface area contributed by atoms with Crippen molar-refractivity contribution < 1.29 is 4.79 Å². The van der Waals surface area contributed by atoms with Crippen LogP contribution >= 0.6 is 11.3 Å². The maximum absolute atomic E-state index is 12.3. The molecule has 0 saturated heterocycles. The summed E-state index contributed by atoms with van der Waals surface area (Å²) in [6.07, 6.45) is 4.34. The number of nitrogens with zero attached hydrogens (tertiary/aromatic N) is 4. The lowest BCUT2D eigenvalue weighted by atomic mass is 10.1. The van der Waals surface area contributed by atoms with Gasteiger partial charge in [0.2, 0.25) is 5.91 Å². The molecule has 0 fully saturated rings. The molecule has 0 spiro atoms. The number of carbonyl (C=O) groups is 1. The topological polar surface area (TPSA) is 81.8 Å². The van der Waals surface area contributed by atoms with Gasteiger partial charge in [0, 0.05) is 37.4 Å². The minimum atomic E-state index is -0.0253. The fourth-order valence-electron chi connectivity index (χ4n) is 3.19. The summed E-state index contributed by atoms with van der Waals surface area (Å²) in [4.78, 5) is 28.9. The van der Waals surface area contributed by atoms with E-state index in [1.807, 2.05) is 19.2 Å². The Hall–Kier alpha value is -1.96. The zero-order valence-corrected chi connectivity index (χ0v) is 15.6. The minimum absolute atomic E-state index is 0.0253. The van der Waals surface area contributed by atoms with Crippen molar-refractivity contribution in [2.24, 2.45) is 0 Å². The molecule has 8 heteroatoms. The monoisotopic (exact) mass is 363 g/mol. The van der Waals surface area contributed by atoms with Gasteiger partial charge in [-0.15, -0.1) is 11.3 Å². The first kappa shape index (κ1) is 17.8. The van der Waals surface area contributed by atoms with Gasteiger partial charge in [-0.3, -0.25) is 9.36 Å². The van der Waals surface area contributed by atoms with Crippen LogP contribution in [0.4, 0.5) is 0 Å². The number of rotatable bonds is 6. The summed E-state index contributed by atoms with van der Waals surface area (Å²) in [6, 6.07) is 0.102. The molecule has 136 valence electrons. The van der Waals surface area contributed by atoms with E-state index in [1.54, 1.807) is 20.6 Å². The van der Waals surface area contributed by atoms with E-state index in [4.69, 9.17) is 0 Å². The molecule has 2 aromatic rings. The number of amides is 1. The number of fused-ring (bicyclic) bond motifs is 1. The van der Waals surface area contributed by atoms with E-state index in [0.29, 0.717) is 25.9 Å². The van der Waals surface area contributed by atoms with E-state index in [1.165, 1.54) is 0 Å². The van der Waals surface area contributed by atoms with Gasteiger partial charge < -0.3 is 5.32 Å². The zero-order chi connectivity index (χ0) is 17.8. The van der Waals surface area contributed by atoms with Gasteiger partial charge in [-0.05, 0) is 32.6 Å². The molecule has 3 heterocycles. The third-order valence-electron chi connectivity index (χ3n) is 4.49. The van der Waals surface area contributed by atoms with Gasteiger partial charge in [0.15, 0.2) is 0 Å². The summed E-state index contributed by atoms with van der Waals surface area (Å²) in [5.74, 6) is 0.895. The Bertz CT molecular complexity index is 791. The quantitative estimate of drug-likeness (QED) is 0.846. The molecule has 1 N–H and O–H groups in total. The van der Waals surface area contributed by atoms with Crippen molar-refractivity contribution in [3.63, 3.8) is 0 Å². The average Bonchev–Trinajstić information content (AvgIpc) is 3.06. The van der Waals surface area contributed by atoms with E-state index >= 15 is 0 Å². The van der Waals surface area contributed by atoms with Crippen LogP contribution < -0.4 is 11.0 Å². The predicted molar refractivity (Wildman–Crippen MR) is 96.8 cm³/mol. The number of thiazole rings is 1. The Morgan fingerprint density at radius 3 is 3.00 bits per heavy atom. The van der Waals surface area contributed by atoms with Crippen LogP contribution in [0, 0.1) is 6.92 Å². The number of nitrogens with one attached hydrogen (secondary N) is 1. The SMILES string of the molecule is CCCn1nc2n(c1=O)CCC(NC(=O)CCc1csc(C)n1)CC2. The lowest BCUT2D eigenvalue weighted by Gasteiger charge is -2.15. The van der Waals surface area contributed by atoms with E-state index < -0.39 is 0 Å². The molecule has 3 rings (SSSR count). The van der Waals surface area contributed by atoms with Gasteiger partial charge in [0.05, 0.1) is 10.7 Å². The highest BCUT2D eigenvalue weighted by Gasteiger charge is 2.21. The van der Waals surface area contributed by atoms with Crippen molar-refractivity contribution in [2.45, 2.75) is 71.5 Å². The molecule has 1 unspecified atom stereocenters. The number of hydrogen-bond acceptors (Lipinski definition) is 5. The van der Waals surface area contributed by atoms with E-state index in [0.717, 1.165) is 42.2 Å². The van der Waals surface area contributed by atoms with Gasteiger partial charge in [-0.1, -0.05) is 6.92 Å². The van der Waals surface area contributed by atoms with E-state index in [-0.39, 0.29) is 17.6 Å². The van der Waals surface area contributed by atoms with Gasteiger partial charge in [-0.2, -0.15) is 5.10 Å². The Kier molecular flexibility index (Phi) is 5.67. The predicted octanol–water partition coefficient (Wildman–Crippen LogP) is 1.67. The number of aryl methyl sites for hydroxylation is 4. The lowest BCUT2D eigenvalue weighted by molar-refractivity contribution is -0.121. The summed E-state index contributed by atoms with van der Waals surface area (Å²) in [5.41, 5.74) is 0.956. The molecule has 1 atom stereocenters. The van der Waals surface area contributed by atoms with Gasteiger partial charge in [0.25, 0.3) is 0 Å². The second kappa shape index (κ2) is 7.95. The van der Waals surface area contributed by atoms with Crippen LogP contribution in [-0.2, 0) is 30.7 Å². The Labute approximate surface area is 151 Å². The maximum Gasteiger partial charge on any atom is 0.345 e. The number of aromatic nitrogens is 4. The lowest BCUT2D eigenvalue weighted by Crippen LogP contribution is -2.36. The normalized spacial score (nSPS) is 17.1. The van der Waals surface area contributed by atoms with Gasteiger partial charge in [-0.25, -0.2) is 14.5 Å². The largest absolute Gasteiger partial charge is 0.353 e. The molecular formula is C17H25N5O2S. The van der Waals surface area contributed by atoms with Gasteiger partial charge >= 0.3 is 5.69 Å². The summed E-state index contributed by atoms with van der Waals surface area (Å²) in [6.45, 7) is 5.29. The standard InChI is InChI=1S/C17H25N5O2S/c1-3-9-22-17(24)21-10-8-13(4-6-15(21)20-22)19-16(23)7-5-14-11-25-12(2)18-14/h11,13H,3-10H2,1-2H3,(H,19,23). The first-order valence-corrected chi connectivity index (χ1v) is 9.81. The van der Waals surface area contributed by atoms with Crippen molar-refractivity contribution >= 4 is 17.2 Å². The summed E-state index contributed by atoms with van der Waals surface area (Å²) in [7, 11) is 0. The minimum Gasteiger partial charge on any atom is -0.353 e. The first-order valence-electron chi connectivity index (χ1n) is 8.93. The molecule has 25 heavy (non-hydrogen) atoms. The van der Waals surface area contributed by atoms with Crippen LogP contribution in [0.2, 0.25) is 0 Å². The second-order valence-electron chi connectivity index (χ2n) is 6.52. The summed E-state index contributed by atoms with van der Waals surface area (Å²) < 4.78 is 3.32. The smallest absolute Gasteiger partial charge is 0.345 e. The molecule has 7 nitrogen and oxygen atoms in total. The van der Waals surface area contributed by atoms with Crippen LogP contribution in [0.15, 0.2) is 10.2 Å². The summed E-state index contributed by atoms with van der Waals surface area (Å²) >= 11 is 1.61. The van der Waals surface area contributed by atoms with Crippen LogP contribution in [-0.4, -0.2) is 31.3 Å². The average molecular weight is 363 g/mol. The van der Waals surface area contributed by atoms with Crippen LogP contribution in [0.1, 0.15) is 49.1 Å². The Morgan fingerprint density at radius 1 is 1.44 bits per heavy atom. The highest BCUT2D eigenvalue weighted by molar-refractivity contribution is 7.09. The maximum atomic E-state index is 12.3. The molecule has 1 aliphatic heterocycles. The third-order valence-corrected chi connectivity index (χ3v) is 5.31.